The molecule has 0 radical (unpaired) electrons. The molecule has 0 heterocycles. The van der Waals surface area contributed by atoms with Crippen molar-refractivity contribution < 1.29 is 34.9 Å². The number of hydrogen-bond donors (Lipinski definition) is 0. The second-order valence-electron chi connectivity index (χ2n) is 19.5. The standard InChI is InChI=1S/2C28H35O2P.2ClH.Pd/c2*1-27(2,3)29-20-22-14-13-15-23(21-30-28(4,5)6)26(22)31(24-16-9-7-10-17-24)25-18-11-8-12-19-25;;;/h2*7-19H,20-21H2,1-6H3;2*1H;/q;;;;+2/p-2. The van der Waals surface area contributed by atoms with Gasteiger partial charge in [0.15, 0.2) is 0 Å². The summed E-state index contributed by atoms with van der Waals surface area (Å²) in [5.74, 6) is 0. The number of ether oxygens (including phenoxy) is 4. The van der Waals surface area contributed by atoms with E-state index in [0.717, 1.165) is 0 Å². The maximum absolute atomic E-state index is 6.25. The van der Waals surface area contributed by atoms with Crippen LogP contribution in [-0.2, 0) is 61.3 Å². The van der Waals surface area contributed by atoms with Gasteiger partial charge in [-0.1, -0.05) is 158 Å². The molecule has 6 aromatic rings. The van der Waals surface area contributed by atoms with Gasteiger partial charge < -0.3 is 18.9 Å². The second-order valence-corrected chi connectivity index (χ2v) is 26.2. The van der Waals surface area contributed by atoms with Crippen molar-refractivity contribution >= 4 is 66.7 Å². The SMILES string of the molecule is CC(C)(C)OCc1cccc(COC(C)(C)C)c1P(c1ccccc1)c1ccccc1.CC(C)(C)OCc1cccc(COC(C)(C)C)c1P(c1ccccc1)c1ccccc1.[Cl][Pd][Cl]. The predicted molar refractivity (Wildman–Crippen MR) is 280 cm³/mol. The third kappa shape index (κ3) is 19.4. The molecule has 0 aliphatic rings. The molecule has 0 N–H and O–H groups in total. The third-order valence-corrected chi connectivity index (χ3v) is 14.9. The molecular weight excluding hydrogens is 976 g/mol. The van der Waals surface area contributed by atoms with Crippen molar-refractivity contribution in [3.8, 4) is 0 Å². The molecule has 0 aromatic heterocycles. The minimum absolute atomic E-state index is 0.106. The van der Waals surface area contributed by atoms with Crippen LogP contribution in [0.25, 0.3) is 0 Å². The van der Waals surface area contributed by atoms with Crippen LogP contribution in [0.4, 0.5) is 0 Å². The van der Waals surface area contributed by atoms with Crippen LogP contribution in [-0.4, -0.2) is 22.4 Å². The molecule has 0 spiro atoms. The number of benzene rings is 6. The van der Waals surface area contributed by atoms with Crippen molar-refractivity contribution in [3.05, 3.63) is 180 Å². The molecule has 0 aliphatic carbocycles. The first kappa shape index (κ1) is 54.9. The zero-order chi connectivity index (χ0) is 47.7. The molecule has 0 saturated heterocycles. The fourth-order valence-corrected chi connectivity index (χ4v) is 11.8. The zero-order valence-electron chi connectivity index (χ0n) is 40.4. The predicted octanol–water partition coefficient (Wildman–Crippen LogP) is 13.5. The van der Waals surface area contributed by atoms with Crippen LogP contribution in [0.15, 0.2) is 158 Å². The van der Waals surface area contributed by atoms with Crippen LogP contribution in [0, 0.1) is 0 Å². The Morgan fingerprint density at radius 2 is 0.508 bits per heavy atom. The molecule has 0 aliphatic heterocycles. The van der Waals surface area contributed by atoms with Crippen molar-refractivity contribution in [1.29, 1.82) is 0 Å². The molecule has 9 heteroatoms. The van der Waals surface area contributed by atoms with Crippen LogP contribution >= 0.6 is 34.9 Å². The molecule has 4 nitrogen and oxygen atoms in total. The first-order valence-corrected chi connectivity index (χ1v) is 28.8. The van der Waals surface area contributed by atoms with E-state index in [4.69, 9.17) is 38.0 Å². The maximum atomic E-state index is 6.25. The fraction of sp³-hybridized carbons (Fsp3) is 0.357. The summed E-state index contributed by atoms with van der Waals surface area (Å²) in [7, 11) is 8.14. The van der Waals surface area contributed by atoms with Gasteiger partial charge in [-0.2, -0.15) is 0 Å². The Balaban J connectivity index is 0.000000268. The average molecular weight is 1050 g/mol. The molecule has 6 rings (SSSR count). The molecular formula is C56H70Cl2O4P2Pd. The van der Waals surface area contributed by atoms with Gasteiger partial charge in [-0.25, -0.2) is 0 Å². The molecule has 352 valence electrons. The molecule has 0 fully saturated rings. The zero-order valence-corrected chi connectivity index (χ0v) is 45.3. The topological polar surface area (TPSA) is 36.9 Å². The van der Waals surface area contributed by atoms with E-state index in [2.05, 4.69) is 241 Å². The first-order valence-electron chi connectivity index (χ1n) is 22.1. The number of hydrogen-bond acceptors (Lipinski definition) is 4. The molecule has 0 unspecified atom stereocenters. The molecule has 6 aromatic carbocycles. The molecule has 0 atom stereocenters. The van der Waals surface area contributed by atoms with Gasteiger partial charge in [0.05, 0.1) is 48.8 Å². The van der Waals surface area contributed by atoms with Crippen LogP contribution < -0.4 is 31.8 Å². The normalized spacial score (nSPS) is 12.1. The van der Waals surface area contributed by atoms with Crippen LogP contribution in [0.3, 0.4) is 0 Å². The van der Waals surface area contributed by atoms with Crippen molar-refractivity contribution in [1.82, 2.24) is 0 Å². The summed E-state index contributed by atoms with van der Waals surface area (Å²) >= 11 is -0.106. The van der Waals surface area contributed by atoms with Crippen molar-refractivity contribution in [2.24, 2.45) is 0 Å². The van der Waals surface area contributed by atoms with Crippen LogP contribution in [0.5, 0.6) is 0 Å². The Kier molecular flexibility index (Phi) is 22.1. The Hall–Kier alpha value is -2.74. The quantitative estimate of drug-likeness (QED) is 0.0805. The Labute approximate surface area is 410 Å². The fourth-order valence-electron chi connectivity index (χ4n) is 6.63. The number of rotatable bonds is 14. The third-order valence-electron chi connectivity index (χ3n) is 9.55. The van der Waals surface area contributed by atoms with E-state index in [0.29, 0.717) is 26.4 Å². The molecule has 65 heavy (non-hydrogen) atoms. The summed E-state index contributed by atoms with van der Waals surface area (Å²) in [6, 6.07) is 56.5. The van der Waals surface area contributed by atoms with E-state index in [1.165, 1.54) is 54.1 Å². The van der Waals surface area contributed by atoms with Crippen LogP contribution in [0.2, 0.25) is 0 Å². The number of halogens is 2. The van der Waals surface area contributed by atoms with E-state index in [-0.39, 0.29) is 38.3 Å². The van der Waals surface area contributed by atoms with Crippen molar-refractivity contribution in [2.45, 2.75) is 132 Å². The summed E-state index contributed by atoms with van der Waals surface area (Å²) in [5.41, 5.74) is 4.17. The minimum atomic E-state index is -0.742. The molecule has 0 bridgehead atoms. The molecule has 0 amide bonds. The van der Waals surface area contributed by atoms with Gasteiger partial charge in [0, 0.05) is 0 Å². The molecule has 0 saturated carbocycles. The summed E-state index contributed by atoms with van der Waals surface area (Å²) < 4.78 is 25.0. The van der Waals surface area contributed by atoms with Crippen molar-refractivity contribution in [2.75, 3.05) is 0 Å². The van der Waals surface area contributed by atoms with Gasteiger partial charge >= 0.3 is 35.0 Å². The van der Waals surface area contributed by atoms with Gasteiger partial charge in [-0.15, -0.1) is 0 Å². The van der Waals surface area contributed by atoms with Gasteiger partial charge in [0.1, 0.15) is 0 Å². The summed E-state index contributed by atoms with van der Waals surface area (Å²) in [6.45, 7) is 27.6. The summed E-state index contributed by atoms with van der Waals surface area (Å²) in [6.07, 6.45) is 0. The Bertz CT molecular complexity index is 1960. The van der Waals surface area contributed by atoms with Gasteiger partial charge in [-0.05, 0) is 153 Å². The van der Waals surface area contributed by atoms with E-state index < -0.39 is 15.8 Å². The van der Waals surface area contributed by atoms with Crippen LogP contribution in [0.1, 0.15) is 105 Å². The average Bonchev–Trinajstić information content (AvgIpc) is 3.25. The Morgan fingerprint density at radius 1 is 0.323 bits per heavy atom. The summed E-state index contributed by atoms with van der Waals surface area (Å²) in [4.78, 5) is 0. The van der Waals surface area contributed by atoms with E-state index in [1.807, 2.05) is 0 Å². The summed E-state index contributed by atoms with van der Waals surface area (Å²) in [5, 5.41) is 8.05. The van der Waals surface area contributed by atoms with Gasteiger partial charge in [0.2, 0.25) is 0 Å². The van der Waals surface area contributed by atoms with E-state index in [9.17, 15) is 0 Å². The van der Waals surface area contributed by atoms with Crippen molar-refractivity contribution in [3.63, 3.8) is 0 Å². The van der Waals surface area contributed by atoms with E-state index in [1.54, 1.807) is 0 Å². The van der Waals surface area contributed by atoms with Gasteiger partial charge in [0.25, 0.3) is 0 Å². The Morgan fingerprint density at radius 3 is 0.677 bits per heavy atom. The van der Waals surface area contributed by atoms with E-state index >= 15 is 0 Å². The monoisotopic (exact) mass is 1040 g/mol. The second kappa shape index (κ2) is 26.1. The van der Waals surface area contributed by atoms with Gasteiger partial charge in [-0.3, -0.25) is 0 Å². The first-order chi connectivity index (χ1) is 30.7.